The fourth-order valence-corrected chi connectivity index (χ4v) is 9.31. The summed E-state index contributed by atoms with van der Waals surface area (Å²) in [4.78, 5) is 12.9. The third-order valence-electron chi connectivity index (χ3n) is 11.8. The van der Waals surface area contributed by atoms with E-state index in [0.717, 1.165) is 61.4 Å². The molecule has 2 aliphatic rings. The third kappa shape index (κ3) is 4.89. The van der Waals surface area contributed by atoms with Crippen molar-refractivity contribution < 1.29 is 4.42 Å². The molecule has 2 unspecified atom stereocenters. The number of hydrogen-bond donors (Lipinski definition) is 0. The smallest absolute Gasteiger partial charge is 0.160 e. The van der Waals surface area contributed by atoms with Gasteiger partial charge in [-0.15, -0.1) is 0 Å². The molecule has 1 aliphatic heterocycles. The first kappa shape index (κ1) is 31.8. The van der Waals surface area contributed by atoms with Crippen LogP contribution in [0.4, 0.5) is 11.4 Å². The van der Waals surface area contributed by atoms with Gasteiger partial charge < -0.3 is 13.9 Å². The summed E-state index contributed by atoms with van der Waals surface area (Å²) in [7, 11) is 0. The van der Waals surface area contributed by atoms with Gasteiger partial charge in [-0.1, -0.05) is 140 Å². The first-order valence-corrected chi connectivity index (χ1v) is 19.5. The summed E-state index contributed by atoms with van der Waals surface area (Å²) in [6.07, 6.45) is 4.77. The molecule has 57 heavy (non-hydrogen) atoms. The van der Waals surface area contributed by atoms with Crippen molar-refractivity contribution in [3.05, 3.63) is 205 Å². The fraction of sp³-hybridized carbons (Fsp3) is 0.0385. The first-order chi connectivity index (χ1) is 28.3. The minimum Gasteiger partial charge on any atom is -0.456 e. The SMILES string of the molecule is C1=CC2c3ccccc3N(c3ccc4oc5cccc(-c6cc(-c7ccccc7)nc(-c7ccccc7)n6)c5c4c3)C2c2c1c1ccccc1n2-c1ccccc1. The monoisotopic (exact) mass is 730 g/mol. The minimum absolute atomic E-state index is 0.0221. The van der Waals surface area contributed by atoms with E-state index in [0.29, 0.717) is 5.82 Å². The van der Waals surface area contributed by atoms with Gasteiger partial charge in [0.05, 0.1) is 28.6 Å². The Morgan fingerprint density at radius 3 is 2.09 bits per heavy atom. The van der Waals surface area contributed by atoms with Crippen molar-refractivity contribution >= 4 is 50.3 Å². The van der Waals surface area contributed by atoms with Crippen LogP contribution in [0, 0.1) is 0 Å². The molecule has 0 saturated carbocycles. The molecule has 0 spiro atoms. The summed E-state index contributed by atoms with van der Waals surface area (Å²) >= 11 is 0. The van der Waals surface area contributed by atoms with Crippen LogP contribution in [0.3, 0.4) is 0 Å². The number of rotatable bonds is 5. The molecular formula is C52H34N4O. The molecule has 5 nitrogen and oxygen atoms in total. The summed E-state index contributed by atoms with van der Waals surface area (Å²) < 4.78 is 9.12. The van der Waals surface area contributed by atoms with Crippen LogP contribution in [0.15, 0.2) is 192 Å². The highest BCUT2D eigenvalue weighted by atomic mass is 16.3. The van der Waals surface area contributed by atoms with Crippen LogP contribution in [-0.4, -0.2) is 14.5 Å². The molecule has 5 heteroatoms. The molecule has 0 radical (unpaired) electrons. The third-order valence-corrected chi connectivity index (χ3v) is 11.8. The van der Waals surface area contributed by atoms with Crippen molar-refractivity contribution in [1.82, 2.24) is 14.5 Å². The largest absolute Gasteiger partial charge is 0.456 e. The highest BCUT2D eigenvalue weighted by Crippen LogP contribution is 2.57. The lowest BCUT2D eigenvalue weighted by Crippen LogP contribution is -2.26. The van der Waals surface area contributed by atoms with E-state index in [9.17, 15) is 0 Å². The topological polar surface area (TPSA) is 47.1 Å². The number of nitrogens with zero attached hydrogens (tertiary/aromatic N) is 4. The molecule has 0 N–H and O–H groups in total. The Morgan fingerprint density at radius 1 is 0.526 bits per heavy atom. The van der Waals surface area contributed by atoms with Crippen LogP contribution in [0.5, 0.6) is 0 Å². The van der Waals surface area contributed by atoms with E-state index in [4.69, 9.17) is 14.4 Å². The van der Waals surface area contributed by atoms with Crippen LogP contribution in [0.1, 0.15) is 28.8 Å². The first-order valence-electron chi connectivity index (χ1n) is 19.5. The van der Waals surface area contributed by atoms with Crippen LogP contribution in [0.2, 0.25) is 0 Å². The average molecular weight is 731 g/mol. The summed E-state index contributed by atoms with van der Waals surface area (Å²) in [5, 5.41) is 3.35. The van der Waals surface area contributed by atoms with Gasteiger partial charge in [0, 0.05) is 61.4 Å². The number of para-hydroxylation sites is 3. The second-order valence-corrected chi connectivity index (χ2v) is 14.9. The van der Waals surface area contributed by atoms with Crippen LogP contribution < -0.4 is 4.90 Å². The summed E-state index contributed by atoms with van der Waals surface area (Å²) in [5.74, 6) is 0.855. The fourth-order valence-electron chi connectivity index (χ4n) is 9.31. The van der Waals surface area contributed by atoms with Crippen LogP contribution in [0.25, 0.3) is 78.5 Å². The Kier molecular flexibility index (Phi) is 6.99. The van der Waals surface area contributed by atoms with Crippen molar-refractivity contribution in [2.75, 3.05) is 4.90 Å². The molecule has 0 fully saturated rings. The number of fused-ring (bicyclic) bond motifs is 10. The van der Waals surface area contributed by atoms with E-state index in [2.05, 4.69) is 179 Å². The molecule has 1 aliphatic carbocycles. The predicted octanol–water partition coefficient (Wildman–Crippen LogP) is 13.3. The lowest BCUT2D eigenvalue weighted by molar-refractivity contribution is 0.636. The van der Waals surface area contributed by atoms with Crippen molar-refractivity contribution in [2.24, 2.45) is 0 Å². The number of furan rings is 1. The molecule has 4 heterocycles. The second kappa shape index (κ2) is 12.5. The maximum atomic E-state index is 6.63. The Balaban J connectivity index is 1.08. The van der Waals surface area contributed by atoms with Gasteiger partial charge in [0.25, 0.3) is 0 Å². The Hall–Kier alpha value is -7.50. The van der Waals surface area contributed by atoms with E-state index in [1.165, 1.54) is 33.4 Å². The molecule has 3 aromatic heterocycles. The Bertz CT molecular complexity index is 3140. The second-order valence-electron chi connectivity index (χ2n) is 14.9. The van der Waals surface area contributed by atoms with E-state index >= 15 is 0 Å². The van der Waals surface area contributed by atoms with Gasteiger partial charge in [-0.05, 0) is 60.2 Å². The quantitative estimate of drug-likeness (QED) is 0.177. The summed E-state index contributed by atoms with van der Waals surface area (Å²) in [5.41, 5.74) is 15.0. The van der Waals surface area contributed by atoms with E-state index < -0.39 is 0 Å². The van der Waals surface area contributed by atoms with Gasteiger partial charge in [-0.3, -0.25) is 0 Å². The van der Waals surface area contributed by atoms with Gasteiger partial charge in [-0.25, -0.2) is 9.97 Å². The molecule has 0 saturated heterocycles. The predicted molar refractivity (Wildman–Crippen MR) is 232 cm³/mol. The molecule has 268 valence electrons. The van der Waals surface area contributed by atoms with E-state index in [1.807, 2.05) is 24.3 Å². The van der Waals surface area contributed by atoms with Crippen molar-refractivity contribution in [1.29, 1.82) is 0 Å². The zero-order valence-corrected chi connectivity index (χ0v) is 30.8. The highest BCUT2D eigenvalue weighted by molar-refractivity contribution is 6.13. The summed E-state index contributed by atoms with van der Waals surface area (Å²) in [6.45, 7) is 0. The number of anilines is 2. The molecule has 0 amide bonds. The molecule has 12 rings (SSSR count). The van der Waals surface area contributed by atoms with Crippen LogP contribution in [-0.2, 0) is 0 Å². The lowest BCUT2D eigenvalue weighted by atomic mass is 9.86. The van der Waals surface area contributed by atoms with Crippen molar-refractivity contribution in [3.63, 3.8) is 0 Å². The molecular weight excluding hydrogens is 697 g/mol. The average Bonchev–Trinajstić information content (AvgIpc) is 3.95. The Morgan fingerprint density at radius 2 is 1.25 bits per heavy atom. The molecule has 10 aromatic rings. The normalized spacial score (nSPS) is 15.6. The van der Waals surface area contributed by atoms with Gasteiger partial charge >= 0.3 is 0 Å². The van der Waals surface area contributed by atoms with Gasteiger partial charge in [0.2, 0.25) is 0 Å². The number of aromatic nitrogens is 3. The van der Waals surface area contributed by atoms with Crippen molar-refractivity contribution in [2.45, 2.75) is 12.0 Å². The number of hydrogen-bond acceptors (Lipinski definition) is 4. The van der Waals surface area contributed by atoms with Crippen LogP contribution >= 0.6 is 0 Å². The standard InChI is InChI=1S/C52H34N4O/c1-4-15-33(16-5-1)43-32-44(54-52(53-43)34-17-6-2-7-18-34)41-23-14-26-48-49(41)42-31-36(27-30-47(42)57-48)56-46-25-13-11-22-38(46)40-29-28-39-37-21-10-12-24-45(37)55(50(39)51(40)56)35-19-8-3-9-20-35/h1-32,40,51H. The van der Waals surface area contributed by atoms with Gasteiger partial charge in [0.15, 0.2) is 5.82 Å². The maximum absolute atomic E-state index is 6.63. The van der Waals surface area contributed by atoms with Crippen molar-refractivity contribution in [3.8, 4) is 39.6 Å². The van der Waals surface area contributed by atoms with E-state index in [1.54, 1.807) is 0 Å². The van der Waals surface area contributed by atoms with E-state index in [-0.39, 0.29) is 12.0 Å². The number of benzene rings is 7. The highest BCUT2D eigenvalue weighted by Gasteiger charge is 2.44. The minimum atomic E-state index is 0.0221. The Labute approximate surface area is 329 Å². The lowest BCUT2D eigenvalue weighted by Gasteiger charge is -2.33. The summed E-state index contributed by atoms with van der Waals surface area (Å²) in [6, 6.07) is 64.2. The zero-order chi connectivity index (χ0) is 37.5. The molecule has 2 atom stereocenters. The zero-order valence-electron chi connectivity index (χ0n) is 30.8. The molecule has 7 aromatic carbocycles. The maximum Gasteiger partial charge on any atom is 0.160 e. The van der Waals surface area contributed by atoms with Gasteiger partial charge in [-0.2, -0.15) is 0 Å². The molecule has 0 bridgehead atoms. The van der Waals surface area contributed by atoms with Gasteiger partial charge in [0.1, 0.15) is 11.2 Å².